The number of likely N-dealkylation sites (tertiary alicyclic amines) is 1. The van der Waals surface area contributed by atoms with Gasteiger partial charge in [-0.2, -0.15) is 16.4 Å². The van der Waals surface area contributed by atoms with Crippen LogP contribution in [0.5, 0.6) is 0 Å². The zero-order chi connectivity index (χ0) is 14.5. The number of aryl methyl sites for hydroxylation is 1. The first-order chi connectivity index (χ1) is 10.3. The van der Waals surface area contributed by atoms with Gasteiger partial charge in [-0.3, -0.25) is 9.48 Å². The van der Waals surface area contributed by atoms with Crippen molar-refractivity contribution in [1.82, 2.24) is 14.7 Å². The highest BCUT2D eigenvalue weighted by molar-refractivity contribution is 7.07. The topological polar surface area (TPSA) is 38.1 Å². The van der Waals surface area contributed by atoms with Crippen LogP contribution in [0.15, 0.2) is 35.3 Å². The Kier molecular flexibility index (Phi) is 4.70. The number of carbonyl (C=O) groups excluding carboxylic acids is 1. The molecule has 21 heavy (non-hydrogen) atoms. The number of rotatable bonds is 5. The molecule has 3 heterocycles. The van der Waals surface area contributed by atoms with Gasteiger partial charge in [-0.25, -0.2) is 0 Å². The molecule has 5 heteroatoms. The predicted octanol–water partition coefficient (Wildman–Crippen LogP) is 2.96. The Bertz CT molecular complexity index is 550. The van der Waals surface area contributed by atoms with Gasteiger partial charge in [0.05, 0.1) is 12.6 Å². The van der Waals surface area contributed by atoms with Crippen molar-refractivity contribution in [3.8, 4) is 0 Å². The molecular formula is C16H21N3OS. The lowest BCUT2D eigenvalue weighted by Crippen LogP contribution is -2.46. The van der Waals surface area contributed by atoms with Crippen LogP contribution >= 0.6 is 11.3 Å². The molecule has 2 aromatic heterocycles. The first-order valence-electron chi connectivity index (χ1n) is 7.61. The molecule has 112 valence electrons. The zero-order valence-corrected chi connectivity index (χ0v) is 13.0. The number of aromatic nitrogens is 2. The van der Waals surface area contributed by atoms with E-state index in [0.717, 1.165) is 32.4 Å². The van der Waals surface area contributed by atoms with Crippen molar-refractivity contribution in [2.75, 3.05) is 6.54 Å². The molecule has 1 fully saturated rings. The third-order valence-corrected chi connectivity index (χ3v) is 4.84. The van der Waals surface area contributed by atoms with E-state index in [0.29, 0.717) is 12.5 Å². The Labute approximate surface area is 129 Å². The quantitative estimate of drug-likeness (QED) is 0.851. The summed E-state index contributed by atoms with van der Waals surface area (Å²) < 4.78 is 1.94. The normalized spacial score (nSPS) is 18.9. The molecule has 0 radical (unpaired) electrons. The van der Waals surface area contributed by atoms with Crippen LogP contribution in [-0.2, 0) is 17.8 Å². The second kappa shape index (κ2) is 6.89. The summed E-state index contributed by atoms with van der Waals surface area (Å²) in [5.74, 6) is 0.290. The highest BCUT2D eigenvalue weighted by atomic mass is 32.1. The summed E-state index contributed by atoms with van der Waals surface area (Å²) in [6.07, 6.45) is 8.66. The number of nitrogens with zero attached hydrogens (tertiary/aromatic N) is 3. The largest absolute Gasteiger partial charge is 0.338 e. The van der Waals surface area contributed by atoms with Gasteiger partial charge in [-0.05, 0) is 54.1 Å². The maximum Gasteiger partial charge on any atom is 0.223 e. The number of thiophene rings is 1. The van der Waals surface area contributed by atoms with Gasteiger partial charge in [0.25, 0.3) is 0 Å². The molecular weight excluding hydrogens is 282 g/mol. The number of amides is 1. The third-order valence-electron chi connectivity index (χ3n) is 4.11. The standard InChI is InChI=1S/C16H21N3OS/c20-16(6-5-14-7-11-21-13-14)19-10-2-1-4-15(19)12-18-9-3-8-17-18/h3,7-9,11,13,15H,1-2,4-6,10,12H2. The van der Waals surface area contributed by atoms with Gasteiger partial charge in [0.1, 0.15) is 0 Å². The van der Waals surface area contributed by atoms with Gasteiger partial charge in [-0.15, -0.1) is 0 Å². The Morgan fingerprint density at radius 2 is 2.38 bits per heavy atom. The van der Waals surface area contributed by atoms with Gasteiger partial charge in [0.15, 0.2) is 0 Å². The van der Waals surface area contributed by atoms with Crippen LogP contribution in [0.2, 0.25) is 0 Å². The minimum atomic E-state index is 0.290. The van der Waals surface area contributed by atoms with Crippen LogP contribution in [0.1, 0.15) is 31.2 Å². The lowest BCUT2D eigenvalue weighted by atomic mass is 10.0. The van der Waals surface area contributed by atoms with Gasteiger partial charge >= 0.3 is 0 Å². The van der Waals surface area contributed by atoms with Crippen molar-refractivity contribution in [3.63, 3.8) is 0 Å². The highest BCUT2D eigenvalue weighted by Crippen LogP contribution is 2.20. The van der Waals surface area contributed by atoms with E-state index in [1.165, 1.54) is 12.0 Å². The molecule has 3 rings (SSSR count). The molecule has 0 aliphatic carbocycles. The van der Waals surface area contributed by atoms with E-state index in [2.05, 4.69) is 26.8 Å². The average Bonchev–Trinajstić information content (AvgIpc) is 3.18. The van der Waals surface area contributed by atoms with E-state index in [1.54, 1.807) is 17.5 Å². The molecule has 0 aromatic carbocycles. The third kappa shape index (κ3) is 3.73. The first-order valence-corrected chi connectivity index (χ1v) is 8.55. The maximum absolute atomic E-state index is 12.5. The molecule has 0 saturated carbocycles. The monoisotopic (exact) mass is 303 g/mol. The molecule has 1 saturated heterocycles. The minimum absolute atomic E-state index is 0.290. The molecule has 4 nitrogen and oxygen atoms in total. The molecule has 0 spiro atoms. The van der Waals surface area contributed by atoms with E-state index in [9.17, 15) is 4.79 Å². The van der Waals surface area contributed by atoms with Crippen LogP contribution in [-0.4, -0.2) is 33.2 Å². The molecule has 1 aliphatic heterocycles. The van der Waals surface area contributed by atoms with Crippen molar-refractivity contribution in [2.45, 2.75) is 44.7 Å². The van der Waals surface area contributed by atoms with Gasteiger partial charge < -0.3 is 4.90 Å². The summed E-state index contributed by atoms with van der Waals surface area (Å²) in [5.41, 5.74) is 1.27. The molecule has 1 unspecified atom stereocenters. The number of piperidine rings is 1. The predicted molar refractivity (Wildman–Crippen MR) is 84.2 cm³/mol. The van der Waals surface area contributed by atoms with Gasteiger partial charge in [-0.1, -0.05) is 0 Å². The fraction of sp³-hybridized carbons (Fsp3) is 0.500. The second-order valence-electron chi connectivity index (χ2n) is 5.60. The lowest BCUT2D eigenvalue weighted by Gasteiger charge is -2.36. The van der Waals surface area contributed by atoms with E-state index >= 15 is 0 Å². The van der Waals surface area contributed by atoms with Crippen LogP contribution in [0.4, 0.5) is 0 Å². The van der Waals surface area contributed by atoms with E-state index in [-0.39, 0.29) is 5.91 Å². The molecule has 1 amide bonds. The first kappa shape index (κ1) is 14.3. The van der Waals surface area contributed by atoms with Gasteiger partial charge in [0, 0.05) is 25.4 Å². The van der Waals surface area contributed by atoms with Crippen LogP contribution in [0.25, 0.3) is 0 Å². The molecule has 1 atom stereocenters. The summed E-state index contributed by atoms with van der Waals surface area (Å²) in [5, 5.41) is 8.47. The van der Waals surface area contributed by atoms with Crippen molar-refractivity contribution in [3.05, 3.63) is 40.8 Å². The summed E-state index contributed by atoms with van der Waals surface area (Å²) in [4.78, 5) is 14.6. The van der Waals surface area contributed by atoms with Gasteiger partial charge in [0.2, 0.25) is 5.91 Å². The highest BCUT2D eigenvalue weighted by Gasteiger charge is 2.26. The Morgan fingerprint density at radius 3 is 3.14 bits per heavy atom. The molecule has 0 bridgehead atoms. The van der Waals surface area contributed by atoms with Crippen molar-refractivity contribution in [2.24, 2.45) is 0 Å². The smallest absolute Gasteiger partial charge is 0.223 e. The molecule has 0 N–H and O–H groups in total. The zero-order valence-electron chi connectivity index (χ0n) is 12.1. The van der Waals surface area contributed by atoms with E-state index in [4.69, 9.17) is 0 Å². The fourth-order valence-corrected chi connectivity index (χ4v) is 3.68. The number of carbonyl (C=O) groups is 1. The molecule has 1 aliphatic rings. The van der Waals surface area contributed by atoms with Crippen molar-refractivity contribution in [1.29, 1.82) is 0 Å². The van der Waals surface area contributed by atoms with Crippen LogP contribution in [0, 0.1) is 0 Å². The Hall–Kier alpha value is -1.62. The summed E-state index contributed by atoms with van der Waals surface area (Å²) in [7, 11) is 0. The van der Waals surface area contributed by atoms with Crippen molar-refractivity contribution >= 4 is 17.2 Å². The Morgan fingerprint density at radius 1 is 1.43 bits per heavy atom. The van der Waals surface area contributed by atoms with Crippen LogP contribution < -0.4 is 0 Å². The Balaban J connectivity index is 1.58. The average molecular weight is 303 g/mol. The number of hydrogen-bond donors (Lipinski definition) is 0. The maximum atomic E-state index is 12.5. The molecule has 2 aromatic rings. The van der Waals surface area contributed by atoms with Crippen LogP contribution in [0.3, 0.4) is 0 Å². The van der Waals surface area contributed by atoms with E-state index < -0.39 is 0 Å². The summed E-state index contributed by atoms with van der Waals surface area (Å²) in [6.45, 7) is 1.71. The number of hydrogen-bond acceptors (Lipinski definition) is 3. The lowest BCUT2D eigenvalue weighted by molar-refractivity contribution is -0.135. The van der Waals surface area contributed by atoms with Crippen molar-refractivity contribution < 1.29 is 4.79 Å². The fourth-order valence-electron chi connectivity index (χ4n) is 2.97. The minimum Gasteiger partial charge on any atom is -0.338 e. The summed E-state index contributed by atoms with van der Waals surface area (Å²) in [6, 6.07) is 4.34. The summed E-state index contributed by atoms with van der Waals surface area (Å²) >= 11 is 1.69. The van der Waals surface area contributed by atoms with E-state index in [1.807, 2.05) is 16.9 Å². The SMILES string of the molecule is O=C(CCc1ccsc1)N1CCCCC1Cn1cccn1. The second-order valence-corrected chi connectivity index (χ2v) is 6.38.